The first kappa shape index (κ1) is 19.5. The minimum absolute atomic E-state index is 0.149. The van der Waals surface area contributed by atoms with Gasteiger partial charge >= 0.3 is 0 Å². The monoisotopic (exact) mass is 394 g/mol. The molecule has 4 heteroatoms. The van der Waals surface area contributed by atoms with Crippen LogP contribution in [0.2, 0.25) is 0 Å². The number of para-hydroxylation sites is 1. The molecule has 0 N–H and O–H groups in total. The van der Waals surface area contributed by atoms with Crippen LogP contribution in [0.4, 0.5) is 5.69 Å². The van der Waals surface area contributed by atoms with Crippen LogP contribution in [0, 0.1) is 0 Å². The molecule has 1 atom stereocenters. The van der Waals surface area contributed by atoms with Gasteiger partial charge in [0, 0.05) is 31.4 Å². The Hall–Kier alpha value is -1.78. The normalized spacial score (nSPS) is 20.9. The summed E-state index contributed by atoms with van der Waals surface area (Å²) in [5.74, 6) is 1.45. The maximum absolute atomic E-state index is 13.3. The summed E-state index contributed by atoms with van der Waals surface area (Å²) in [6.07, 6.45) is 5.43. The average molecular weight is 395 g/mol. The fraction of sp³-hybridized carbons (Fsp3) is 0.458. The molecule has 2 saturated heterocycles. The first-order valence-electron chi connectivity index (χ1n) is 10.6. The molecule has 2 heterocycles. The first-order valence-corrected chi connectivity index (χ1v) is 11.6. The van der Waals surface area contributed by atoms with Crippen molar-refractivity contribution in [1.82, 2.24) is 4.90 Å². The highest BCUT2D eigenvalue weighted by Crippen LogP contribution is 2.32. The molecule has 2 aliphatic heterocycles. The Morgan fingerprint density at radius 1 is 0.964 bits per heavy atom. The zero-order valence-electron chi connectivity index (χ0n) is 16.5. The molecule has 0 aromatic heterocycles. The number of rotatable bonds is 6. The smallest absolute Gasteiger partial charge is 0.240 e. The Labute approximate surface area is 173 Å². The lowest BCUT2D eigenvalue weighted by molar-refractivity contribution is -0.118. The topological polar surface area (TPSA) is 23.6 Å². The lowest BCUT2D eigenvalue weighted by Gasteiger charge is -2.39. The molecule has 148 valence electrons. The summed E-state index contributed by atoms with van der Waals surface area (Å²) < 4.78 is 0. The van der Waals surface area contributed by atoms with Gasteiger partial charge in [-0.3, -0.25) is 4.79 Å². The molecule has 0 spiro atoms. The van der Waals surface area contributed by atoms with Gasteiger partial charge < -0.3 is 9.80 Å². The summed E-state index contributed by atoms with van der Waals surface area (Å²) in [4.78, 5) is 18.0. The molecule has 2 aliphatic rings. The van der Waals surface area contributed by atoms with Gasteiger partial charge in [0.1, 0.15) is 0 Å². The lowest BCUT2D eigenvalue weighted by atomic mass is 10.0. The molecule has 1 unspecified atom stereocenters. The van der Waals surface area contributed by atoms with Gasteiger partial charge in [-0.25, -0.2) is 0 Å². The van der Waals surface area contributed by atoms with Crippen molar-refractivity contribution in [2.75, 3.05) is 30.3 Å². The number of hydrogen-bond acceptors (Lipinski definition) is 3. The number of anilines is 1. The molecular formula is C24H30N2OS. The molecule has 0 radical (unpaired) electrons. The van der Waals surface area contributed by atoms with Gasteiger partial charge in [0.2, 0.25) is 5.91 Å². The summed E-state index contributed by atoms with van der Waals surface area (Å²) in [6.45, 7) is 3.26. The minimum Gasteiger partial charge on any atom is -0.308 e. The highest BCUT2D eigenvalue weighted by Gasteiger charge is 2.34. The van der Waals surface area contributed by atoms with E-state index < -0.39 is 0 Å². The van der Waals surface area contributed by atoms with Crippen LogP contribution in [0.15, 0.2) is 60.7 Å². The molecule has 4 rings (SSSR count). The zero-order valence-corrected chi connectivity index (χ0v) is 17.3. The molecular weight excluding hydrogens is 364 g/mol. The third-order valence-corrected chi connectivity index (χ3v) is 7.32. The number of hydrogen-bond donors (Lipinski definition) is 0. The van der Waals surface area contributed by atoms with Crippen LogP contribution < -0.4 is 4.90 Å². The van der Waals surface area contributed by atoms with E-state index >= 15 is 0 Å². The molecule has 28 heavy (non-hydrogen) atoms. The Morgan fingerprint density at radius 3 is 2.29 bits per heavy atom. The average Bonchev–Trinajstić information content (AvgIpc) is 3.30. The predicted molar refractivity (Wildman–Crippen MR) is 119 cm³/mol. The standard InChI is InChI=1S/C24H30N2OS/c27-24(23-12-7-19-28-23)26(21-10-5-2-6-11-21)22-14-17-25(18-15-22)16-13-20-8-3-1-4-9-20/h1-6,8-11,22-23H,7,12-19H2. The van der Waals surface area contributed by atoms with Crippen LogP contribution in [0.25, 0.3) is 0 Å². The van der Waals surface area contributed by atoms with Crippen molar-refractivity contribution >= 4 is 23.4 Å². The van der Waals surface area contributed by atoms with Crippen molar-refractivity contribution in [2.24, 2.45) is 0 Å². The first-order chi connectivity index (χ1) is 13.8. The fourth-order valence-electron chi connectivity index (χ4n) is 4.37. The van der Waals surface area contributed by atoms with Gasteiger partial charge in [-0.1, -0.05) is 48.5 Å². The molecule has 0 saturated carbocycles. The number of piperidine rings is 1. The van der Waals surface area contributed by atoms with E-state index in [1.54, 1.807) is 0 Å². The second-order valence-corrected chi connectivity index (χ2v) is 9.16. The van der Waals surface area contributed by atoms with E-state index in [4.69, 9.17) is 0 Å². The van der Waals surface area contributed by atoms with Crippen LogP contribution in [-0.2, 0) is 11.2 Å². The lowest BCUT2D eigenvalue weighted by Crippen LogP contribution is -2.50. The number of benzene rings is 2. The van der Waals surface area contributed by atoms with Crippen molar-refractivity contribution in [2.45, 2.75) is 43.4 Å². The van der Waals surface area contributed by atoms with Crippen LogP contribution in [0.3, 0.4) is 0 Å². The number of carbonyl (C=O) groups excluding carboxylic acids is 1. The Morgan fingerprint density at radius 2 is 1.64 bits per heavy atom. The fourth-order valence-corrected chi connectivity index (χ4v) is 5.57. The van der Waals surface area contributed by atoms with Gasteiger partial charge in [-0.05, 0) is 55.6 Å². The van der Waals surface area contributed by atoms with E-state index in [-0.39, 0.29) is 5.25 Å². The van der Waals surface area contributed by atoms with Crippen LogP contribution in [0.1, 0.15) is 31.2 Å². The van der Waals surface area contributed by atoms with Crippen LogP contribution in [0.5, 0.6) is 0 Å². The second-order valence-electron chi connectivity index (χ2n) is 7.85. The van der Waals surface area contributed by atoms with E-state index in [9.17, 15) is 4.79 Å². The third kappa shape index (κ3) is 4.79. The third-order valence-electron chi connectivity index (χ3n) is 5.96. The van der Waals surface area contributed by atoms with Crippen LogP contribution >= 0.6 is 11.8 Å². The highest BCUT2D eigenvalue weighted by molar-refractivity contribution is 8.00. The van der Waals surface area contributed by atoms with E-state index in [2.05, 4.69) is 52.3 Å². The van der Waals surface area contributed by atoms with Crippen LogP contribution in [-0.4, -0.2) is 47.5 Å². The highest BCUT2D eigenvalue weighted by atomic mass is 32.2. The van der Waals surface area contributed by atoms with Gasteiger partial charge in [0.15, 0.2) is 0 Å². The summed E-state index contributed by atoms with van der Waals surface area (Å²) in [6, 6.07) is 21.4. The molecule has 1 amide bonds. The molecule has 3 nitrogen and oxygen atoms in total. The molecule has 2 aromatic carbocycles. The quantitative estimate of drug-likeness (QED) is 0.714. The summed E-state index contributed by atoms with van der Waals surface area (Å²) >= 11 is 1.84. The van der Waals surface area contributed by atoms with E-state index in [0.29, 0.717) is 11.9 Å². The number of likely N-dealkylation sites (tertiary alicyclic amines) is 1. The van der Waals surface area contributed by atoms with Crippen molar-refractivity contribution in [3.8, 4) is 0 Å². The number of amides is 1. The van der Waals surface area contributed by atoms with Crippen molar-refractivity contribution in [3.63, 3.8) is 0 Å². The second kappa shape index (κ2) is 9.62. The molecule has 0 bridgehead atoms. The number of thioether (sulfide) groups is 1. The predicted octanol–water partition coefficient (Wildman–Crippen LogP) is 4.62. The van der Waals surface area contributed by atoms with Crippen molar-refractivity contribution in [1.29, 1.82) is 0 Å². The van der Waals surface area contributed by atoms with Gasteiger partial charge in [0.25, 0.3) is 0 Å². The Bertz CT molecular complexity index is 738. The van der Waals surface area contributed by atoms with Crippen molar-refractivity contribution < 1.29 is 4.79 Å². The Balaban J connectivity index is 1.38. The van der Waals surface area contributed by atoms with Crippen molar-refractivity contribution in [3.05, 3.63) is 66.2 Å². The largest absolute Gasteiger partial charge is 0.308 e. The molecule has 2 aromatic rings. The molecule has 2 fully saturated rings. The van der Waals surface area contributed by atoms with Gasteiger partial charge in [0.05, 0.1) is 5.25 Å². The summed E-state index contributed by atoms with van der Waals surface area (Å²) in [5, 5.41) is 0.149. The number of carbonyl (C=O) groups is 1. The molecule has 0 aliphatic carbocycles. The Kier molecular flexibility index (Phi) is 6.71. The van der Waals surface area contributed by atoms with Gasteiger partial charge in [-0.2, -0.15) is 0 Å². The van der Waals surface area contributed by atoms with E-state index in [1.165, 1.54) is 12.0 Å². The minimum atomic E-state index is 0.149. The van der Waals surface area contributed by atoms with Gasteiger partial charge in [-0.15, -0.1) is 11.8 Å². The maximum atomic E-state index is 13.3. The SMILES string of the molecule is O=C(C1CCCS1)N(c1ccccc1)C1CCN(CCc2ccccc2)CC1. The van der Waals surface area contributed by atoms with E-state index in [1.807, 2.05) is 30.0 Å². The maximum Gasteiger partial charge on any atom is 0.240 e. The zero-order chi connectivity index (χ0) is 19.2. The summed E-state index contributed by atoms with van der Waals surface area (Å²) in [7, 11) is 0. The summed E-state index contributed by atoms with van der Waals surface area (Å²) in [5.41, 5.74) is 2.48. The number of nitrogens with zero attached hydrogens (tertiary/aromatic N) is 2. The van der Waals surface area contributed by atoms with E-state index in [0.717, 1.165) is 56.8 Å².